The molecule has 17 heavy (non-hydrogen) atoms. The topological polar surface area (TPSA) is 55.6 Å². The van der Waals surface area contributed by atoms with E-state index in [4.69, 9.17) is 4.74 Å². The summed E-state index contributed by atoms with van der Waals surface area (Å²) >= 11 is 0. The van der Waals surface area contributed by atoms with Gasteiger partial charge in [0.25, 0.3) is 5.69 Å². The molecule has 1 rings (SSSR count). The minimum Gasteiger partial charge on any atom is -0.497 e. The van der Waals surface area contributed by atoms with E-state index in [-0.39, 0.29) is 10.6 Å². The molecule has 0 radical (unpaired) electrons. The Balaban J connectivity index is 3.32. The molecule has 0 aromatic heterocycles. The predicted octanol–water partition coefficient (Wildman–Crippen LogP) is 2.44. The number of methoxy groups -OCH3 is 1. The second kappa shape index (κ2) is 5.34. The Kier molecular flexibility index (Phi) is 4.09. The molecule has 5 heteroatoms. The number of aryl methyl sites for hydroxylation is 1. The van der Waals surface area contributed by atoms with Crippen LogP contribution in [0.3, 0.4) is 0 Å². The molecule has 5 nitrogen and oxygen atoms in total. The summed E-state index contributed by atoms with van der Waals surface area (Å²) in [7, 11) is 5.25. The maximum atomic E-state index is 11.0. The average molecular weight is 236 g/mol. The molecular weight excluding hydrogens is 220 g/mol. The van der Waals surface area contributed by atoms with Gasteiger partial charge in [-0.25, -0.2) is 0 Å². The molecule has 0 aliphatic heterocycles. The van der Waals surface area contributed by atoms with Gasteiger partial charge in [0, 0.05) is 19.7 Å². The molecule has 1 aromatic carbocycles. The van der Waals surface area contributed by atoms with Gasteiger partial charge in [-0.2, -0.15) is 0 Å². The van der Waals surface area contributed by atoms with Gasteiger partial charge < -0.3 is 9.64 Å². The van der Waals surface area contributed by atoms with Crippen molar-refractivity contribution in [3.05, 3.63) is 39.6 Å². The summed E-state index contributed by atoms with van der Waals surface area (Å²) < 4.78 is 5.11. The zero-order chi connectivity index (χ0) is 13.0. The maximum Gasteiger partial charge on any atom is 0.279 e. The van der Waals surface area contributed by atoms with Crippen molar-refractivity contribution in [1.29, 1.82) is 0 Å². The Labute approximate surface area is 100 Å². The van der Waals surface area contributed by atoms with Crippen molar-refractivity contribution < 1.29 is 9.66 Å². The van der Waals surface area contributed by atoms with Crippen molar-refractivity contribution in [3.8, 4) is 5.75 Å². The van der Waals surface area contributed by atoms with Crippen molar-refractivity contribution >= 4 is 11.8 Å². The lowest BCUT2D eigenvalue weighted by molar-refractivity contribution is -0.385. The Morgan fingerprint density at radius 2 is 2.06 bits per heavy atom. The maximum absolute atomic E-state index is 11.0. The molecule has 0 saturated heterocycles. The van der Waals surface area contributed by atoms with Crippen LogP contribution >= 0.6 is 0 Å². The Morgan fingerprint density at radius 1 is 1.41 bits per heavy atom. The van der Waals surface area contributed by atoms with Gasteiger partial charge in [0.2, 0.25) is 0 Å². The second-order valence-corrected chi connectivity index (χ2v) is 3.92. The van der Waals surface area contributed by atoms with Crippen molar-refractivity contribution in [1.82, 2.24) is 4.90 Å². The van der Waals surface area contributed by atoms with Crippen LogP contribution in [-0.4, -0.2) is 31.0 Å². The predicted molar refractivity (Wildman–Crippen MR) is 67.1 cm³/mol. The first-order valence-electron chi connectivity index (χ1n) is 5.13. The first-order valence-corrected chi connectivity index (χ1v) is 5.13. The van der Waals surface area contributed by atoms with E-state index in [9.17, 15) is 10.1 Å². The first kappa shape index (κ1) is 13.0. The summed E-state index contributed by atoms with van der Waals surface area (Å²) in [6, 6.07) is 3.32. The van der Waals surface area contributed by atoms with Gasteiger partial charge in [-0.15, -0.1) is 0 Å². The number of hydrogen-bond acceptors (Lipinski definition) is 4. The Hall–Kier alpha value is -2.04. The lowest BCUT2D eigenvalue weighted by Crippen LogP contribution is -2.01. The molecule has 0 heterocycles. The molecule has 0 aliphatic rings. The van der Waals surface area contributed by atoms with E-state index in [1.807, 2.05) is 19.0 Å². The number of rotatable bonds is 4. The average Bonchev–Trinajstić information content (AvgIpc) is 2.24. The molecule has 0 amide bonds. The normalized spacial score (nSPS) is 10.6. The summed E-state index contributed by atoms with van der Waals surface area (Å²) in [5.41, 5.74) is 1.25. The summed E-state index contributed by atoms with van der Waals surface area (Å²) in [4.78, 5) is 12.5. The van der Waals surface area contributed by atoms with Crippen LogP contribution in [0.15, 0.2) is 18.3 Å². The van der Waals surface area contributed by atoms with Crippen LogP contribution in [0.4, 0.5) is 5.69 Å². The largest absolute Gasteiger partial charge is 0.497 e. The molecule has 0 aliphatic carbocycles. The van der Waals surface area contributed by atoms with E-state index < -0.39 is 0 Å². The lowest BCUT2D eigenvalue weighted by atomic mass is 10.1. The fourth-order valence-electron chi connectivity index (χ4n) is 1.50. The zero-order valence-corrected chi connectivity index (χ0v) is 10.4. The summed E-state index contributed by atoms with van der Waals surface area (Å²) in [6.45, 7) is 1.70. The van der Waals surface area contributed by atoms with E-state index in [1.54, 1.807) is 38.4 Å². The number of ether oxygens (including phenoxy) is 1. The van der Waals surface area contributed by atoms with Crippen molar-refractivity contribution in [3.63, 3.8) is 0 Å². The van der Waals surface area contributed by atoms with Crippen molar-refractivity contribution in [2.24, 2.45) is 0 Å². The molecule has 0 saturated carbocycles. The van der Waals surface area contributed by atoms with Crippen molar-refractivity contribution in [2.75, 3.05) is 21.2 Å². The molecule has 0 N–H and O–H groups in total. The van der Waals surface area contributed by atoms with E-state index >= 15 is 0 Å². The number of nitrogens with zero attached hydrogens (tertiary/aromatic N) is 2. The molecule has 1 aromatic rings. The highest BCUT2D eigenvalue weighted by Gasteiger charge is 2.17. The van der Waals surface area contributed by atoms with E-state index in [2.05, 4.69) is 0 Å². The van der Waals surface area contributed by atoms with Crippen LogP contribution in [0.5, 0.6) is 5.75 Å². The highest BCUT2D eigenvalue weighted by atomic mass is 16.6. The molecule has 0 atom stereocenters. The third kappa shape index (κ3) is 3.21. The minimum atomic E-state index is -0.371. The smallest absolute Gasteiger partial charge is 0.279 e. The SMILES string of the molecule is COc1cc(C)c([N+](=O)[O-])c(/C=C/N(C)C)c1. The third-order valence-electron chi connectivity index (χ3n) is 2.27. The lowest BCUT2D eigenvalue weighted by Gasteiger charge is -2.07. The zero-order valence-electron chi connectivity index (χ0n) is 10.4. The van der Waals surface area contributed by atoms with Crippen LogP contribution in [0, 0.1) is 17.0 Å². The summed E-state index contributed by atoms with van der Waals surface area (Å²) in [5, 5.41) is 11.0. The van der Waals surface area contributed by atoms with Crippen LogP contribution in [0.25, 0.3) is 6.08 Å². The van der Waals surface area contributed by atoms with Crippen LogP contribution < -0.4 is 4.74 Å². The van der Waals surface area contributed by atoms with Gasteiger partial charge in [0.1, 0.15) is 5.75 Å². The molecule has 0 spiro atoms. The van der Waals surface area contributed by atoms with Gasteiger partial charge >= 0.3 is 0 Å². The van der Waals surface area contributed by atoms with E-state index in [0.29, 0.717) is 16.9 Å². The molecule has 92 valence electrons. The van der Waals surface area contributed by atoms with E-state index in [0.717, 1.165) is 0 Å². The van der Waals surface area contributed by atoms with Gasteiger partial charge in [-0.05, 0) is 31.3 Å². The van der Waals surface area contributed by atoms with E-state index in [1.165, 1.54) is 0 Å². The number of nitro benzene ring substituents is 1. The van der Waals surface area contributed by atoms with Gasteiger partial charge in [0.15, 0.2) is 0 Å². The monoisotopic (exact) mass is 236 g/mol. The number of benzene rings is 1. The van der Waals surface area contributed by atoms with Gasteiger partial charge in [-0.1, -0.05) is 0 Å². The third-order valence-corrected chi connectivity index (χ3v) is 2.27. The molecule has 0 bridgehead atoms. The van der Waals surface area contributed by atoms with Gasteiger partial charge in [-0.3, -0.25) is 10.1 Å². The van der Waals surface area contributed by atoms with Crippen LogP contribution in [-0.2, 0) is 0 Å². The minimum absolute atomic E-state index is 0.115. The van der Waals surface area contributed by atoms with Gasteiger partial charge in [0.05, 0.1) is 17.6 Å². The fourth-order valence-corrected chi connectivity index (χ4v) is 1.50. The highest BCUT2D eigenvalue weighted by molar-refractivity contribution is 5.65. The summed E-state index contributed by atoms with van der Waals surface area (Å²) in [6.07, 6.45) is 3.47. The number of hydrogen-bond donors (Lipinski definition) is 0. The Bertz CT molecular complexity index is 453. The fraction of sp³-hybridized carbons (Fsp3) is 0.333. The van der Waals surface area contributed by atoms with Crippen LogP contribution in [0.1, 0.15) is 11.1 Å². The number of nitro groups is 1. The first-order chi connectivity index (χ1) is 7.95. The molecular formula is C12H16N2O3. The van der Waals surface area contributed by atoms with Crippen molar-refractivity contribution in [2.45, 2.75) is 6.92 Å². The van der Waals surface area contributed by atoms with Crippen LogP contribution in [0.2, 0.25) is 0 Å². The molecule has 0 fully saturated rings. The second-order valence-electron chi connectivity index (χ2n) is 3.92. The standard InChI is InChI=1S/C12H16N2O3/c1-9-7-11(17-4)8-10(5-6-13(2)3)12(9)14(15)16/h5-8H,1-4H3/b6-5+. The Morgan fingerprint density at radius 3 is 2.53 bits per heavy atom. The quantitative estimate of drug-likeness (QED) is 0.595. The molecule has 0 unspecified atom stereocenters. The summed E-state index contributed by atoms with van der Waals surface area (Å²) in [5.74, 6) is 0.617. The highest BCUT2D eigenvalue weighted by Crippen LogP contribution is 2.29.